The third-order valence-electron chi connectivity index (χ3n) is 2.61. The Hall–Kier alpha value is -1.26. The van der Waals surface area contributed by atoms with Crippen molar-refractivity contribution in [2.75, 3.05) is 19.7 Å². The van der Waals surface area contributed by atoms with Crippen LogP contribution < -0.4 is 10.6 Å². The van der Waals surface area contributed by atoms with E-state index >= 15 is 0 Å². The van der Waals surface area contributed by atoms with E-state index in [0.717, 1.165) is 5.56 Å². The molecule has 3 N–H and O–H groups in total. The van der Waals surface area contributed by atoms with Crippen molar-refractivity contribution in [1.29, 1.82) is 0 Å². The van der Waals surface area contributed by atoms with E-state index in [2.05, 4.69) is 10.6 Å². The van der Waals surface area contributed by atoms with E-state index in [1.165, 1.54) is 0 Å². The molecule has 0 saturated carbocycles. The fourth-order valence-electron chi connectivity index (χ4n) is 1.64. The fraction of sp³-hybridized carbons (Fsp3) is 0.462. The Morgan fingerprint density at radius 2 is 2.11 bits per heavy atom. The van der Waals surface area contributed by atoms with E-state index in [1.54, 1.807) is 0 Å². The number of benzene rings is 1. The molecule has 0 fully saturated rings. The van der Waals surface area contributed by atoms with Crippen molar-refractivity contribution in [3.8, 4) is 0 Å². The number of hydrogen-bond donors (Lipinski definition) is 3. The van der Waals surface area contributed by atoms with Gasteiger partial charge in [0, 0.05) is 30.6 Å². The average Bonchev–Trinajstić information content (AvgIpc) is 2.37. The Labute approximate surface area is 112 Å². The standard InChI is InChI=1S/C13H19ClN2O2/c1-2-15-13(18)16-8-10(9-17)7-11-5-3-4-6-12(11)14/h3-6,10,17H,2,7-9H2,1H3,(H2,15,16,18). The van der Waals surface area contributed by atoms with E-state index in [-0.39, 0.29) is 18.6 Å². The summed E-state index contributed by atoms with van der Waals surface area (Å²) in [6.07, 6.45) is 0.641. The van der Waals surface area contributed by atoms with E-state index in [4.69, 9.17) is 11.6 Å². The summed E-state index contributed by atoms with van der Waals surface area (Å²) in [5, 5.41) is 15.4. The molecule has 0 aliphatic carbocycles. The largest absolute Gasteiger partial charge is 0.396 e. The van der Waals surface area contributed by atoms with Crippen LogP contribution in [-0.2, 0) is 6.42 Å². The minimum absolute atomic E-state index is 0.0115. The van der Waals surface area contributed by atoms with Crippen molar-refractivity contribution < 1.29 is 9.90 Å². The summed E-state index contributed by atoms with van der Waals surface area (Å²) in [4.78, 5) is 11.3. The lowest BCUT2D eigenvalue weighted by Crippen LogP contribution is -2.39. The van der Waals surface area contributed by atoms with Crippen molar-refractivity contribution in [1.82, 2.24) is 10.6 Å². The number of amides is 2. The van der Waals surface area contributed by atoms with Crippen molar-refractivity contribution in [3.63, 3.8) is 0 Å². The highest BCUT2D eigenvalue weighted by Gasteiger charge is 2.11. The SMILES string of the molecule is CCNC(=O)NCC(CO)Cc1ccccc1Cl. The first-order valence-corrected chi connectivity index (χ1v) is 6.41. The highest BCUT2D eigenvalue weighted by molar-refractivity contribution is 6.31. The van der Waals surface area contributed by atoms with Gasteiger partial charge in [0.1, 0.15) is 0 Å². The summed E-state index contributed by atoms with van der Waals surface area (Å²) in [5.41, 5.74) is 0.982. The van der Waals surface area contributed by atoms with Crippen LogP contribution in [0, 0.1) is 5.92 Å². The van der Waals surface area contributed by atoms with Gasteiger partial charge >= 0.3 is 6.03 Å². The van der Waals surface area contributed by atoms with Gasteiger partial charge in [0.15, 0.2) is 0 Å². The van der Waals surface area contributed by atoms with E-state index in [1.807, 2.05) is 31.2 Å². The van der Waals surface area contributed by atoms with Gasteiger partial charge in [-0.1, -0.05) is 29.8 Å². The van der Waals surface area contributed by atoms with Gasteiger partial charge in [0.2, 0.25) is 0 Å². The molecule has 0 radical (unpaired) electrons. The lowest BCUT2D eigenvalue weighted by Gasteiger charge is -2.16. The number of carbonyl (C=O) groups excluding carboxylic acids is 1. The Balaban J connectivity index is 2.47. The van der Waals surface area contributed by atoms with Crippen LogP contribution in [0.3, 0.4) is 0 Å². The summed E-state index contributed by atoms with van der Waals surface area (Å²) < 4.78 is 0. The zero-order valence-electron chi connectivity index (χ0n) is 10.4. The summed E-state index contributed by atoms with van der Waals surface area (Å²) in [6, 6.07) is 7.31. The smallest absolute Gasteiger partial charge is 0.314 e. The molecule has 1 rings (SSSR count). The molecule has 0 saturated heterocycles. The van der Waals surface area contributed by atoms with Crippen LogP contribution in [0.2, 0.25) is 5.02 Å². The maximum absolute atomic E-state index is 11.3. The second-order valence-corrected chi connectivity index (χ2v) is 4.49. The summed E-state index contributed by atoms with van der Waals surface area (Å²) in [6.45, 7) is 2.87. The number of halogens is 1. The van der Waals surface area contributed by atoms with Gasteiger partial charge in [-0.2, -0.15) is 0 Å². The number of nitrogens with one attached hydrogen (secondary N) is 2. The average molecular weight is 271 g/mol. The second kappa shape index (κ2) is 7.95. The first kappa shape index (κ1) is 14.8. The van der Waals surface area contributed by atoms with Crippen LogP contribution in [0.4, 0.5) is 4.79 Å². The molecule has 1 aromatic carbocycles. The zero-order chi connectivity index (χ0) is 13.4. The van der Waals surface area contributed by atoms with Crippen LogP contribution in [0.15, 0.2) is 24.3 Å². The zero-order valence-corrected chi connectivity index (χ0v) is 11.2. The van der Waals surface area contributed by atoms with Crippen molar-refractivity contribution in [3.05, 3.63) is 34.9 Å². The topological polar surface area (TPSA) is 61.4 Å². The summed E-state index contributed by atoms with van der Waals surface area (Å²) in [5.74, 6) is -0.0347. The van der Waals surface area contributed by atoms with E-state index < -0.39 is 0 Å². The molecule has 5 heteroatoms. The molecule has 0 bridgehead atoms. The fourth-order valence-corrected chi connectivity index (χ4v) is 1.85. The summed E-state index contributed by atoms with van der Waals surface area (Å²) >= 11 is 6.06. The molecule has 0 aliphatic heterocycles. The van der Waals surface area contributed by atoms with Crippen LogP contribution >= 0.6 is 11.6 Å². The number of urea groups is 1. The van der Waals surface area contributed by atoms with Gasteiger partial charge in [-0.3, -0.25) is 0 Å². The van der Waals surface area contributed by atoms with Crippen LogP contribution in [0.5, 0.6) is 0 Å². The molecular formula is C13H19ClN2O2. The Morgan fingerprint density at radius 3 is 2.72 bits per heavy atom. The molecule has 18 heavy (non-hydrogen) atoms. The normalized spacial score (nSPS) is 11.9. The van der Waals surface area contributed by atoms with Gasteiger partial charge < -0.3 is 15.7 Å². The third kappa shape index (κ3) is 4.94. The monoisotopic (exact) mass is 270 g/mol. The van der Waals surface area contributed by atoms with Crippen molar-refractivity contribution in [2.24, 2.45) is 5.92 Å². The molecule has 0 aliphatic rings. The number of aliphatic hydroxyl groups excluding tert-OH is 1. The molecule has 4 nitrogen and oxygen atoms in total. The second-order valence-electron chi connectivity index (χ2n) is 4.08. The molecule has 1 aromatic rings. The van der Waals surface area contributed by atoms with Crippen molar-refractivity contribution >= 4 is 17.6 Å². The minimum Gasteiger partial charge on any atom is -0.396 e. The molecule has 0 heterocycles. The lowest BCUT2D eigenvalue weighted by molar-refractivity contribution is 0.214. The van der Waals surface area contributed by atoms with Crippen LogP contribution in [-0.4, -0.2) is 30.8 Å². The van der Waals surface area contributed by atoms with Gasteiger partial charge in [0.25, 0.3) is 0 Å². The Morgan fingerprint density at radius 1 is 1.39 bits per heavy atom. The van der Waals surface area contributed by atoms with Crippen LogP contribution in [0.1, 0.15) is 12.5 Å². The number of carbonyl (C=O) groups is 1. The van der Waals surface area contributed by atoms with E-state index in [0.29, 0.717) is 24.5 Å². The Kier molecular flexibility index (Phi) is 6.54. The van der Waals surface area contributed by atoms with E-state index in [9.17, 15) is 9.90 Å². The maximum atomic E-state index is 11.3. The molecular weight excluding hydrogens is 252 g/mol. The molecule has 1 atom stereocenters. The Bertz CT molecular complexity index is 385. The quantitative estimate of drug-likeness (QED) is 0.738. The molecule has 0 spiro atoms. The first-order valence-electron chi connectivity index (χ1n) is 6.03. The molecule has 2 amide bonds. The molecule has 0 aromatic heterocycles. The molecule has 100 valence electrons. The maximum Gasteiger partial charge on any atom is 0.314 e. The predicted molar refractivity (Wildman–Crippen MR) is 72.8 cm³/mol. The van der Waals surface area contributed by atoms with Gasteiger partial charge in [-0.15, -0.1) is 0 Å². The van der Waals surface area contributed by atoms with Gasteiger partial charge in [-0.05, 0) is 25.0 Å². The van der Waals surface area contributed by atoms with Crippen molar-refractivity contribution in [2.45, 2.75) is 13.3 Å². The highest BCUT2D eigenvalue weighted by Crippen LogP contribution is 2.18. The third-order valence-corrected chi connectivity index (χ3v) is 2.98. The number of rotatable bonds is 6. The molecule has 1 unspecified atom stereocenters. The first-order chi connectivity index (χ1) is 8.67. The number of hydrogen-bond acceptors (Lipinski definition) is 2. The van der Waals surface area contributed by atoms with Gasteiger partial charge in [0.05, 0.1) is 0 Å². The predicted octanol–water partition coefficient (Wildman–Crippen LogP) is 1.81. The number of aliphatic hydroxyl groups is 1. The minimum atomic E-state index is -0.213. The van der Waals surface area contributed by atoms with Crippen LogP contribution in [0.25, 0.3) is 0 Å². The van der Waals surface area contributed by atoms with Gasteiger partial charge in [-0.25, -0.2) is 4.79 Å². The highest BCUT2D eigenvalue weighted by atomic mass is 35.5. The summed E-state index contributed by atoms with van der Waals surface area (Å²) in [7, 11) is 0. The lowest BCUT2D eigenvalue weighted by atomic mass is 10.00.